The highest BCUT2D eigenvalue weighted by Gasteiger charge is 2.49. The van der Waals surface area contributed by atoms with Crippen LogP contribution in [0.15, 0.2) is 174 Å². The number of benzene rings is 5. The lowest BCUT2D eigenvalue weighted by Gasteiger charge is -2.38. The number of rotatable bonds is 5. The Morgan fingerprint density at radius 1 is 0.600 bits per heavy atom. The first-order valence-electron chi connectivity index (χ1n) is 23.1. The first-order valence-corrected chi connectivity index (χ1v) is 23.1. The van der Waals surface area contributed by atoms with Gasteiger partial charge < -0.3 is 5.32 Å². The Hall–Kier alpha value is -5.73. The molecule has 7 aliphatic rings. The van der Waals surface area contributed by atoms with Gasteiger partial charge in [0.2, 0.25) is 0 Å². The van der Waals surface area contributed by atoms with Crippen LogP contribution in [-0.4, -0.2) is 5.71 Å². The first kappa shape index (κ1) is 36.1. The van der Waals surface area contributed by atoms with E-state index in [2.05, 4.69) is 157 Å². The van der Waals surface area contributed by atoms with Crippen LogP contribution < -0.4 is 5.32 Å². The van der Waals surface area contributed by atoms with E-state index in [1.54, 1.807) is 22.3 Å². The van der Waals surface area contributed by atoms with Crippen LogP contribution in [0.5, 0.6) is 0 Å². The Morgan fingerprint density at radius 3 is 2.02 bits per heavy atom. The fourth-order valence-corrected chi connectivity index (χ4v) is 12.7. The zero-order valence-corrected chi connectivity index (χ0v) is 34.7. The molecule has 2 unspecified atom stereocenters. The smallest absolute Gasteiger partial charge is 0.0944 e. The summed E-state index contributed by atoms with van der Waals surface area (Å²) in [4.78, 5) is 5.64. The van der Waals surface area contributed by atoms with E-state index in [4.69, 9.17) is 4.99 Å². The predicted molar refractivity (Wildman–Crippen MR) is 249 cm³/mol. The lowest BCUT2D eigenvalue weighted by molar-refractivity contribution is 0.344. The summed E-state index contributed by atoms with van der Waals surface area (Å²) in [6.45, 7) is 0. The predicted octanol–water partition coefficient (Wildman–Crippen LogP) is 14.4. The number of nitrogens with one attached hydrogen (secondary N) is 1. The van der Waals surface area contributed by atoms with Crippen molar-refractivity contribution in [2.75, 3.05) is 0 Å². The molecule has 12 rings (SSSR count). The van der Waals surface area contributed by atoms with E-state index in [9.17, 15) is 0 Å². The molecule has 2 fully saturated rings. The lowest BCUT2D eigenvalue weighted by atomic mass is 9.65. The van der Waals surface area contributed by atoms with E-state index in [-0.39, 0.29) is 22.8 Å². The third-order valence-electron chi connectivity index (χ3n) is 15.5. The van der Waals surface area contributed by atoms with Gasteiger partial charge in [-0.15, -0.1) is 0 Å². The summed E-state index contributed by atoms with van der Waals surface area (Å²) in [5.41, 5.74) is 22.7. The van der Waals surface area contributed by atoms with Crippen molar-refractivity contribution in [1.29, 1.82) is 0 Å². The second-order valence-corrected chi connectivity index (χ2v) is 18.6. The molecule has 1 heterocycles. The lowest BCUT2D eigenvalue weighted by Crippen LogP contribution is -2.36. The SMILES string of the molecule is C1=CCCC(C2=C(C3C=CC(c4cccc5c4-c4cc6c(cc4C54CCCCC4)C4(CCCCC4)c4ccccc4-6)=CC3)NC(c3ccccc3)C(c3ccccc3)=N2)=C1. The average molecular weight is 779 g/mol. The molecule has 2 spiro atoms. The van der Waals surface area contributed by atoms with Gasteiger partial charge in [-0.2, -0.15) is 0 Å². The molecule has 2 saturated carbocycles. The van der Waals surface area contributed by atoms with Crippen LogP contribution in [0.1, 0.15) is 128 Å². The highest BCUT2D eigenvalue weighted by Crippen LogP contribution is 2.63. The van der Waals surface area contributed by atoms with E-state index in [1.165, 1.54) is 120 Å². The van der Waals surface area contributed by atoms with Gasteiger partial charge in [0.05, 0.1) is 17.5 Å². The number of nitrogens with zero attached hydrogens (tertiary/aromatic N) is 1. The van der Waals surface area contributed by atoms with Gasteiger partial charge in [0, 0.05) is 22.4 Å². The maximum atomic E-state index is 5.64. The minimum absolute atomic E-state index is 0.0361. The summed E-state index contributed by atoms with van der Waals surface area (Å²) in [6, 6.07) is 43.8. The van der Waals surface area contributed by atoms with Gasteiger partial charge in [0.15, 0.2) is 0 Å². The van der Waals surface area contributed by atoms with E-state index < -0.39 is 0 Å². The van der Waals surface area contributed by atoms with Crippen molar-refractivity contribution >= 4 is 11.3 Å². The van der Waals surface area contributed by atoms with Crippen molar-refractivity contribution < 1.29 is 0 Å². The van der Waals surface area contributed by atoms with E-state index in [0.717, 1.165) is 30.7 Å². The Bertz CT molecular complexity index is 2710. The van der Waals surface area contributed by atoms with Crippen LogP contribution in [-0.2, 0) is 10.8 Å². The van der Waals surface area contributed by atoms with Crippen molar-refractivity contribution in [1.82, 2.24) is 5.32 Å². The number of aliphatic imine (C=N–C) groups is 1. The molecule has 0 bridgehead atoms. The maximum Gasteiger partial charge on any atom is 0.0944 e. The summed E-state index contributed by atoms with van der Waals surface area (Å²) in [5, 5.41) is 4.14. The Balaban J connectivity index is 0.968. The van der Waals surface area contributed by atoms with Gasteiger partial charge >= 0.3 is 0 Å². The Kier molecular flexibility index (Phi) is 8.72. The summed E-state index contributed by atoms with van der Waals surface area (Å²) in [7, 11) is 0. The minimum Gasteiger partial charge on any atom is -0.374 e. The van der Waals surface area contributed by atoms with Crippen LogP contribution in [0.3, 0.4) is 0 Å². The van der Waals surface area contributed by atoms with Crippen molar-refractivity contribution in [2.45, 2.75) is 100 Å². The molecule has 2 heteroatoms. The highest BCUT2D eigenvalue weighted by molar-refractivity contribution is 6.06. The van der Waals surface area contributed by atoms with Crippen LogP contribution in [0.25, 0.3) is 27.8 Å². The molecule has 60 heavy (non-hydrogen) atoms. The molecule has 0 amide bonds. The Labute approximate surface area is 356 Å². The summed E-state index contributed by atoms with van der Waals surface area (Å²) >= 11 is 0. The standard InChI is InChI=1S/C58H54N2/c1-6-19-40(20-7-1)53-54(41-21-8-2-9-22-41)60-56(55(59-53)42-23-10-3-11-24-42)43-31-29-39(30-32-43)44-26-18-28-49-52(44)47-37-46-45-25-12-13-27-48(45)57(33-14-4-15-34-57)50(46)38-51(47)58(49)35-16-5-17-36-58/h1-3,6-10,12-13,18-23,25-31,37-38,43,54,60H,4-5,11,14-17,24,32-36H2. The molecule has 5 aromatic carbocycles. The molecular formula is C58H54N2. The van der Waals surface area contributed by atoms with Gasteiger partial charge in [0.25, 0.3) is 0 Å². The highest BCUT2D eigenvalue weighted by atomic mass is 15.0. The number of hydrogen-bond donors (Lipinski definition) is 1. The molecule has 1 N–H and O–H groups in total. The summed E-state index contributed by atoms with van der Waals surface area (Å²) in [6.07, 6.45) is 30.3. The molecule has 6 aliphatic carbocycles. The largest absolute Gasteiger partial charge is 0.374 e. The van der Waals surface area contributed by atoms with Crippen LogP contribution in [0.2, 0.25) is 0 Å². The fourth-order valence-electron chi connectivity index (χ4n) is 12.7. The van der Waals surface area contributed by atoms with Crippen molar-refractivity contribution in [3.63, 3.8) is 0 Å². The fraction of sp³-hybridized carbons (Fsp3) is 0.293. The van der Waals surface area contributed by atoms with Crippen molar-refractivity contribution in [3.05, 3.63) is 208 Å². The minimum atomic E-state index is -0.0361. The first-order chi connectivity index (χ1) is 29.7. The monoisotopic (exact) mass is 778 g/mol. The molecule has 0 aromatic heterocycles. The summed E-state index contributed by atoms with van der Waals surface area (Å²) in [5.74, 6) is 0.197. The molecule has 5 aromatic rings. The summed E-state index contributed by atoms with van der Waals surface area (Å²) < 4.78 is 0. The molecule has 296 valence electrons. The Morgan fingerprint density at radius 2 is 1.28 bits per heavy atom. The van der Waals surface area contributed by atoms with Crippen LogP contribution in [0.4, 0.5) is 0 Å². The van der Waals surface area contributed by atoms with Crippen molar-refractivity contribution in [2.24, 2.45) is 10.9 Å². The van der Waals surface area contributed by atoms with Crippen molar-refractivity contribution in [3.8, 4) is 22.3 Å². The molecular weight excluding hydrogens is 725 g/mol. The molecule has 2 atom stereocenters. The van der Waals surface area contributed by atoms with Gasteiger partial charge in [-0.3, -0.25) is 0 Å². The molecule has 0 radical (unpaired) electrons. The average Bonchev–Trinajstić information content (AvgIpc) is 3.74. The second-order valence-electron chi connectivity index (χ2n) is 18.6. The van der Waals surface area contributed by atoms with Gasteiger partial charge in [0.1, 0.15) is 0 Å². The van der Waals surface area contributed by atoms with E-state index in [0.29, 0.717) is 0 Å². The van der Waals surface area contributed by atoms with Gasteiger partial charge in [-0.05, 0) is 123 Å². The van der Waals surface area contributed by atoms with Crippen LogP contribution >= 0.6 is 0 Å². The number of hydrogen-bond acceptors (Lipinski definition) is 2. The van der Waals surface area contributed by atoms with E-state index in [1.807, 2.05) is 0 Å². The molecule has 2 nitrogen and oxygen atoms in total. The quantitative estimate of drug-likeness (QED) is 0.189. The second kappa shape index (κ2) is 14.5. The molecule has 1 aliphatic heterocycles. The third kappa shape index (κ3) is 5.56. The van der Waals surface area contributed by atoms with Crippen LogP contribution in [0, 0.1) is 5.92 Å². The van der Waals surface area contributed by atoms with Gasteiger partial charge in [-0.1, -0.05) is 184 Å². The number of fused-ring (bicyclic) bond motifs is 10. The zero-order chi connectivity index (χ0) is 39.7. The zero-order valence-electron chi connectivity index (χ0n) is 34.7. The van der Waals surface area contributed by atoms with Gasteiger partial charge in [-0.25, -0.2) is 4.99 Å². The molecule has 0 saturated heterocycles. The maximum absolute atomic E-state index is 5.64. The third-order valence-corrected chi connectivity index (χ3v) is 15.5. The topological polar surface area (TPSA) is 24.4 Å². The van der Waals surface area contributed by atoms with E-state index >= 15 is 0 Å². The normalized spacial score (nSPS) is 23.0. The number of allylic oxidation sites excluding steroid dienone is 8.